The van der Waals surface area contributed by atoms with E-state index in [0.717, 1.165) is 5.56 Å². The summed E-state index contributed by atoms with van der Waals surface area (Å²) >= 11 is 5.72. The summed E-state index contributed by atoms with van der Waals surface area (Å²) in [4.78, 5) is 22.8. The molecule has 0 fully saturated rings. The minimum absolute atomic E-state index is 0.0300. The first kappa shape index (κ1) is 15.3. The summed E-state index contributed by atoms with van der Waals surface area (Å²) < 4.78 is 9.60. The Kier molecular flexibility index (Phi) is 6.15. The quantitative estimate of drug-likeness (QED) is 0.629. The number of para-hydroxylation sites is 1. The Morgan fingerprint density at radius 1 is 1.32 bits per heavy atom. The number of halogens is 1. The maximum absolute atomic E-state index is 11.7. The van der Waals surface area contributed by atoms with Gasteiger partial charge in [0.05, 0.1) is 20.6 Å². The lowest BCUT2D eigenvalue weighted by Gasteiger charge is -2.10. The van der Waals surface area contributed by atoms with Gasteiger partial charge in [0.1, 0.15) is 11.1 Å². The van der Waals surface area contributed by atoms with E-state index in [-0.39, 0.29) is 18.9 Å². The number of nitrogens with one attached hydrogen (secondary N) is 1. The van der Waals surface area contributed by atoms with Gasteiger partial charge in [-0.15, -0.1) is 11.6 Å². The molecule has 0 aromatic heterocycles. The van der Waals surface area contributed by atoms with Crippen LogP contribution in [0.5, 0.6) is 5.75 Å². The standard InChI is InChI=1S/C13H16ClNO4/c1-18-11-6-4-3-5-9(11)7-12(16)15-8-10(14)13(17)19-2/h3-6,10H,7-8H2,1-2H3,(H,15,16). The van der Waals surface area contributed by atoms with Gasteiger partial charge in [-0.3, -0.25) is 9.59 Å². The number of rotatable bonds is 6. The van der Waals surface area contributed by atoms with Gasteiger partial charge < -0.3 is 14.8 Å². The van der Waals surface area contributed by atoms with Crippen molar-refractivity contribution in [2.45, 2.75) is 11.8 Å². The molecule has 1 unspecified atom stereocenters. The molecule has 104 valence electrons. The van der Waals surface area contributed by atoms with Gasteiger partial charge in [0.15, 0.2) is 0 Å². The second kappa shape index (κ2) is 7.63. The van der Waals surface area contributed by atoms with Crippen LogP contribution < -0.4 is 10.1 Å². The Bertz CT molecular complexity index is 450. The monoisotopic (exact) mass is 285 g/mol. The summed E-state index contributed by atoms with van der Waals surface area (Å²) in [5.41, 5.74) is 0.770. The normalized spacial score (nSPS) is 11.5. The Labute approximate surface area is 116 Å². The van der Waals surface area contributed by atoms with Crippen molar-refractivity contribution in [1.29, 1.82) is 0 Å². The number of alkyl halides is 1. The van der Waals surface area contributed by atoms with Crippen LogP contribution in [-0.4, -0.2) is 38.0 Å². The number of amides is 1. The van der Waals surface area contributed by atoms with Crippen molar-refractivity contribution < 1.29 is 19.1 Å². The van der Waals surface area contributed by atoms with Crippen LogP contribution in [0.2, 0.25) is 0 Å². The zero-order chi connectivity index (χ0) is 14.3. The summed E-state index contributed by atoms with van der Waals surface area (Å²) in [5, 5.41) is 1.69. The summed E-state index contributed by atoms with van der Waals surface area (Å²) in [6.45, 7) is 0.0300. The van der Waals surface area contributed by atoms with E-state index in [1.165, 1.54) is 7.11 Å². The van der Waals surface area contributed by atoms with Crippen molar-refractivity contribution >= 4 is 23.5 Å². The molecule has 1 aromatic rings. The maximum atomic E-state index is 11.7. The van der Waals surface area contributed by atoms with Crippen molar-refractivity contribution in [3.8, 4) is 5.75 Å². The highest BCUT2D eigenvalue weighted by Crippen LogP contribution is 2.17. The van der Waals surface area contributed by atoms with Gasteiger partial charge in [0.25, 0.3) is 0 Å². The lowest BCUT2D eigenvalue weighted by atomic mass is 10.1. The molecule has 0 aliphatic heterocycles. The molecule has 6 heteroatoms. The predicted octanol–water partition coefficient (Wildman–Crippen LogP) is 1.13. The van der Waals surface area contributed by atoms with E-state index < -0.39 is 11.3 Å². The molecule has 0 saturated heterocycles. The molecule has 0 bridgehead atoms. The maximum Gasteiger partial charge on any atom is 0.325 e. The van der Waals surface area contributed by atoms with Crippen LogP contribution in [0.4, 0.5) is 0 Å². The predicted molar refractivity (Wildman–Crippen MR) is 71.4 cm³/mol. The number of carbonyl (C=O) groups is 2. The van der Waals surface area contributed by atoms with Crippen molar-refractivity contribution in [2.24, 2.45) is 0 Å². The van der Waals surface area contributed by atoms with Crippen molar-refractivity contribution in [2.75, 3.05) is 20.8 Å². The number of carbonyl (C=O) groups excluding carboxylic acids is 2. The molecular weight excluding hydrogens is 270 g/mol. The molecule has 0 spiro atoms. The van der Waals surface area contributed by atoms with E-state index in [0.29, 0.717) is 5.75 Å². The molecule has 1 amide bonds. The molecule has 1 aromatic carbocycles. The number of hydrogen-bond acceptors (Lipinski definition) is 4. The van der Waals surface area contributed by atoms with Gasteiger partial charge in [0.2, 0.25) is 5.91 Å². The highest BCUT2D eigenvalue weighted by atomic mass is 35.5. The smallest absolute Gasteiger partial charge is 0.325 e. The van der Waals surface area contributed by atoms with Crippen LogP contribution in [0.25, 0.3) is 0 Å². The molecular formula is C13H16ClNO4. The highest BCUT2D eigenvalue weighted by Gasteiger charge is 2.17. The summed E-state index contributed by atoms with van der Waals surface area (Å²) in [6, 6.07) is 7.23. The van der Waals surface area contributed by atoms with E-state index in [2.05, 4.69) is 10.1 Å². The van der Waals surface area contributed by atoms with Gasteiger partial charge in [-0.05, 0) is 6.07 Å². The third kappa shape index (κ3) is 4.79. The number of hydrogen-bond donors (Lipinski definition) is 1. The van der Waals surface area contributed by atoms with Crippen molar-refractivity contribution in [3.05, 3.63) is 29.8 Å². The topological polar surface area (TPSA) is 64.6 Å². The van der Waals surface area contributed by atoms with Crippen LogP contribution in [-0.2, 0) is 20.7 Å². The van der Waals surface area contributed by atoms with Crippen LogP contribution in [0.3, 0.4) is 0 Å². The fourth-order valence-electron chi connectivity index (χ4n) is 1.50. The van der Waals surface area contributed by atoms with E-state index >= 15 is 0 Å². The molecule has 0 aliphatic rings. The van der Waals surface area contributed by atoms with Crippen LogP contribution in [0.15, 0.2) is 24.3 Å². The van der Waals surface area contributed by atoms with Gasteiger partial charge in [-0.1, -0.05) is 18.2 Å². The SMILES string of the molecule is COC(=O)C(Cl)CNC(=O)Cc1ccccc1OC. The second-order valence-electron chi connectivity index (χ2n) is 3.78. The zero-order valence-electron chi connectivity index (χ0n) is 10.8. The minimum Gasteiger partial charge on any atom is -0.496 e. The van der Waals surface area contributed by atoms with Gasteiger partial charge in [-0.25, -0.2) is 0 Å². The third-order valence-electron chi connectivity index (χ3n) is 2.48. The lowest BCUT2D eigenvalue weighted by Crippen LogP contribution is -2.35. The molecule has 19 heavy (non-hydrogen) atoms. The van der Waals surface area contributed by atoms with Crippen molar-refractivity contribution in [1.82, 2.24) is 5.32 Å². The number of methoxy groups -OCH3 is 2. The van der Waals surface area contributed by atoms with E-state index in [9.17, 15) is 9.59 Å². The molecule has 0 aliphatic carbocycles. The van der Waals surface area contributed by atoms with E-state index in [1.807, 2.05) is 12.1 Å². The highest BCUT2D eigenvalue weighted by molar-refractivity contribution is 6.30. The van der Waals surface area contributed by atoms with Gasteiger partial charge in [0, 0.05) is 12.1 Å². The number of benzene rings is 1. The number of ether oxygens (including phenoxy) is 2. The third-order valence-corrected chi connectivity index (χ3v) is 2.81. The summed E-state index contributed by atoms with van der Waals surface area (Å²) in [5.74, 6) is -0.161. The first-order chi connectivity index (χ1) is 9.08. The van der Waals surface area contributed by atoms with Crippen molar-refractivity contribution in [3.63, 3.8) is 0 Å². The lowest BCUT2D eigenvalue weighted by molar-refractivity contribution is -0.140. The van der Waals surface area contributed by atoms with Crippen LogP contribution >= 0.6 is 11.6 Å². The summed E-state index contributed by atoms with van der Waals surface area (Å²) in [7, 11) is 2.79. The molecule has 1 rings (SSSR count). The van der Waals surface area contributed by atoms with Crippen LogP contribution in [0.1, 0.15) is 5.56 Å². The molecule has 1 atom stereocenters. The Balaban J connectivity index is 2.49. The summed E-state index contributed by atoms with van der Waals surface area (Å²) in [6.07, 6.45) is 0.162. The Hall–Kier alpha value is -1.75. The fraction of sp³-hybridized carbons (Fsp3) is 0.385. The molecule has 1 N–H and O–H groups in total. The van der Waals surface area contributed by atoms with Gasteiger partial charge >= 0.3 is 5.97 Å². The first-order valence-corrected chi connectivity index (χ1v) is 6.12. The Morgan fingerprint density at radius 3 is 2.63 bits per heavy atom. The average Bonchev–Trinajstić information content (AvgIpc) is 2.44. The molecule has 0 saturated carbocycles. The van der Waals surface area contributed by atoms with Gasteiger partial charge in [-0.2, -0.15) is 0 Å². The Morgan fingerprint density at radius 2 is 2.00 bits per heavy atom. The average molecular weight is 286 g/mol. The van der Waals surface area contributed by atoms with E-state index in [4.69, 9.17) is 16.3 Å². The number of esters is 1. The molecule has 0 heterocycles. The first-order valence-electron chi connectivity index (χ1n) is 5.69. The van der Waals surface area contributed by atoms with E-state index in [1.54, 1.807) is 19.2 Å². The molecule has 5 nitrogen and oxygen atoms in total. The second-order valence-corrected chi connectivity index (χ2v) is 4.31. The molecule has 0 radical (unpaired) electrons. The zero-order valence-corrected chi connectivity index (χ0v) is 11.6. The largest absolute Gasteiger partial charge is 0.496 e. The minimum atomic E-state index is -0.883. The van der Waals surface area contributed by atoms with Crippen LogP contribution in [0, 0.1) is 0 Å². The fourth-order valence-corrected chi connectivity index (χ4v) is 1.67.